The van der Waals surface area contributed by atoms with Gasteiger partial charge in [-0.3, -0.25) is 14.9 Å². The van der Waals surface area contributed by atoms with Crippen molar-refractivity contribution in [3.8, 4) is 0 Å². The highest BCUT2D eigenvalue weighted by Gasteiger charge is 2.30. The number of nitrogens with two attached hydrogens (primary N) is 1. The fraction of sp³-hybridized carbons (Fsp3) is 0.500. The SMILES string of the molecule is CC(C)C(C)(CN)NC(=O)c1cc([N+](=O)[O-])cc(S(C)(=O)=O)c1.Cl. The van der Waals surface area contributed by atoms with Crippen LogP contribution < -0.4 is 11.1 Å². The van der Waals surface area contributed by atoms with Gasteiger partial charge >= 0.3 is 0 Å². The van der Waals surface area contributed by atoms with Gasteiger partial charge in [0.1, 0.15) is 0 Å². The average Bonchev–Trinajstić information content (AvgIpc) is 2.45. The van der Waals surface area contributed by atoms with Gasteiger partial charge in [-0.1, -0.05) is 13.8 Å². The second-order valence-corrected chi connectivity index (χ2v) is 7.99. The lowest BCUT2D eigenvalue weighted by Gasteiger charge is -2.33. The van der Waals surface area contributed by atoms with Gasteiger partial charge in [-0.2, -0.15) is 0 Å². The van der Waals surface area contributed by atoms with E-state index in [9.17, 15) is 23.3 Å². The molecule has 0 saturated carbocycles. The van der Waals surface area contributed by atoms with Crippen molar-refractivity contribution in [2.45, 2.75) is 31.2 Å². The lowest BCUT2D eigenvalue weighted by molar-refractivity contribution is -0.385. The Kier molecular flexibility index (Phi) is 7.35. The molecule has 10 heteroatoms. The van der Waals surface area contributed by atoms with Crippen molar-refractivity contribution in [3.05, 3.63) is 33.9 Å². The fourth-order valence-corrected chi connectivity index (χ4v) is 2.47. The largest absolute Gasteiger partial charge is 0.345 e. The smallest absolute Gasteiger partial charge is 0.271 e. The number of nitrogens with one attached hydrogen (secondary N) is 1. The number of nitrogens with zero attached hydrogens (tertiary/aromatic N) is 1. The normalized spacial score (nSPS) is 13.8. The number of benzene rings is 1. The van der Waals surface area contributed by atoms with Gasteiger partial charge in [-0.25, -0.2) is 8.42 Å². The Labute approximate surface area is 147 Å². The highest BCUT2D eigenvalue weighted by atomic mass is 35.5. The summed E-state index contributed by atoms with van der Waals surface area (Å²) in [5, 5.41) is 13.7. The van der Waals surface area contributed by atoms with E-state index in [0.29, 0.717) is 0 Å². The summed E-state index contributed by atoms with van der Waals surface area (Å²) in [5.74, 6) is -0.593. The highest BCUT2D eigenvalue weighted by Crippen LogP contribution is 2.22. The van der Waals surface area contributed by atoms with Crippen LogP contribution in [-0.2, 0) is 9.84 Å². The minimum absolute atomic E-state index is 0. The number of amides is 1. The molecule has 0 aliphatic carbocycles. The van der Waals surface area contributed by atoms with Crippen molar-refractivity contribution in [2.24, 2.45) is 11.7 Å². The Morgan fingerprint density at radius 2 is 1.92 bits per heavy atom. The van der Waals surface area contributed by atoms with Crippen molar-refractivity contribution in [3.63, 3.8) is 0 Å². The molecule has 1 aromatic rings. The molecule has 1 amide bonds. The number of nitro groups is 1. The zero-order valence-corrected chi connectivity index (χ0v) is 15.5. The van der Waals surface area contributed by atoms with Crippen molar-refractivity contribution >= 4 is 33.8 Å². The lowest BCUT2D eigenvalue weighted by Crippen LogP contribution is -2.55. The maximum absolute atomic E-state index is 12.4. The maximum Gasteiger partial charge on any atom is 0.271 e. The molecule has 1 atom stereocenters. The molecule has 8 nitrogen and oxygen atoms in total. The molecule has 1 aromatic carbocycles. The Hall–Kier alpha value is -1.71. The molecule has 0 aliphatic rings. The van der Waals surface area contributed by atoms with Gasteiger partial charge in [0.25, 0.3) is 11.6 Å². The summed E-state index contributed by atoms with van der Waals surface area (Å²) in [6.07, 6.45) is 0.922. The first-order valence-electron chi connectivity index (χ1n) is 6.93. The minimum atomic E-state index is -3.69. The first-order valence-corrected chi connectivity index (χ1v) is 8.82. The third-order valence-corrected chi connectivity index (χ3v) is 4.98. The van der Waals surface area contributed by atoms with E-state index in [0.717, 1.165) is 24.5 Å². The number of nitro benzene ring substituents is 1. The van der Waals surface area contributed by atoms with Crippen molar-refractivity contribution < 1.29 is 18.1 Å². The van der Waals surface area contributed by atoms with Crippen LogP contribution in [0, 0.1) is 16.0 Å². The van der Waals surface area contributed by atoms with E-state index in [1.165, 1.54) is 0 Å². The van der Waals surface area contributed by atoms with Crippen LogP contribution in [0.25, 0.3) is 0 Å². The van der Waals surface area contributed by atoms with Gasteiger partial charge in [-0.15, -0.1) is 12.4 Å². The number of non-ortho nitro benzene ring substituents is 1. The lowest BCUT2D eigenvalue weighted by atomic mass is 9.88. The molecule has 0 aromatic heterocycles. The minimum Gasteiger partial charge on any atom is -0.345 e. The van der Waals surface area contributed by atoms with Gasteiger partial charge < -0.3 is 11.1 Å². The van der Waals surface area contributed by atoms with E-state index < -0.39 is 31.9 Å². The standard InChI is InChI=1S/C14H21N3O5S.ClH/c1-9(2)14(3,8-15)16-13(18)10-5-11(17(19)20)7-12(6-10)23(4,21)22;/h5-7,9H,8,15H2,1-4H3,(H,16,18);1H. The molecule has 136 valence electrons. The Bertz CT molecular complexity index is 736. The zero-order chi connectivity index (χ0) is 18.0. The number of carbonyl (C=O) groups is 1. The van der Waals surface area contributed by atoms with Gasteiger partial charge in [-0.05, 0) is 18.9 Å². The predicted molar refractivity (Wildman–Crippen MR) is 93.2 cm³/mol. The number of rotatable bonds is 6. The summed E-state index contributed by atoms with van der Waals surface area (Å²) in [6.45, 7) is 5.68. The van der Waals surface area contributed by atoms with Crippen LogP contribution in [0.2, 0.25) is 0 Å². The molecule has 0 radical (unpaired) electrons. The average molecular weight is 380 g/mol. The maximum atomic E-state index is 12.4. The van der Waals surface area contributed by atoms with Crippen LogP contribution in [-0.4, -0.2) is 37.6 Å². The molecule has 1 rings (SSSR count). The summed E-state index contributed by atoms with van der Waals surface area (Å²) >= 11 is 0. The number of carbonyl (C=O) groups excluding carboxylic acids is 1. The van der Waals surface area contributed by atoms with Gasteiger partial charge in [0.05, 0.1) is 15.4 Å². The van der Waals surface area contributed by atoms with Crippen LogP contribution in [0.15, 0.2) is 23.1 Å². The van der Waals surface area contributed by atoms with E-state index in [4.69, 9.17) is 5.73 Å². The quantitative estimate of drug-likeness (QED) is 0.568. The number of hydrogen-bond donors (Lipinski definition) is 2. The van der Waals surface area contributed by atoms with Crippen molar-refractivity contribution in [2.75, 3.05) is 12.8 Å². The monoisotopic (exact) mass is 379 g/mol. The molecule has 24 heavy (non-hydrogen) atoms. The number of hydrogen-bond acceptors (Lipinski definition) is 6. The molecule has 0 heterocycles. The topological polar surface area (TPSA) is 132 Å². The molecular weight excluding hydrogens is 358 g/mol. The summed E-state index contributed by atoms with van der Waals surface area (Å²) in [4.78, 5) is 22.3. The highest BCUT2D eigenvalue weighted by molar-refractivity contribution is 7.90. The third-order valence-electron chi connectivity index (χ3n) is 3.89. The van der Waals surface area contributed by atoms with E-state index in [2.05, 4.69) is 5.32 Å². The van der Waals surface area contributed by atoms with Gasteiger partial charge in [0, 0.05) is 30.5 Å². The first kappa shape index (κ1) is 22.3. The molecule has 0 aliphatic heterocycles. The summed E-state index contributed by atoms with van der Waals surface area (Å²) in [7, 11) is -3.69. The van der Waals surface area contributed by atoms with Crippen LogP contribution in [0.4, 0.5) is 5.69 Å². The molecule has 0 bridgehead atoms. The summed E-state index contributed by atoms with van der Waals surface area (Å²) < 4.78 is 23.3. The molecular formula is C14H22ClN3O5S. The molecule has 0 spiro atoms. The molecule has 3 N–H and O–H groups in total. The second-order valence-electron chi connectivity index (χ2n) is 5.98. The number of halogens is 1. The van der Waals surface area contributed by atoms with Crippen molar-refractivity contribution in [1.29, 1.82) is 0 Å². The predicted octanol–water partition coefficient (Wildman–Crippen LogP) is 1.52. The van der Waals surface area contributed by atoms with Crippen LogP contribution in [0.3, 0.4) is 0 Å². The molecule has 0 fully saturated rings. The van der Waals surface area contributed by atoms with Crippen LogP contribution in [0.1, 0.15) is 31.1 Å². The molecule has 0 saturated heterocycles. The summed E-state index contributed by atoms with van der Waals surface area (Å²) in [5.41, 5.74) is 4.42. The van der Waals surface area contributed by atoms with E-state index >= 15 is 0 Å². The van der Waals surface area contributed by atoms with Crippen molar-refractivity contribution in [1.82, 2.24) is 5.32 Å². The van der Waals surface area contributed by atoms with Gasteiger partial charge in [0.15, 0.2) is 9.84 Å². The Balaban J connectivity index is 0.00000529. The van der Waals surface area contributed by atoms with E-state index in [-0.39, 0.29) is 35.3 Å². The van der Waals surface area contributed by atoms with E-state index in [1.54, 1.807) is 6.92 Å². The van der Waals surface area contributed by atoms with E-state index in [1.807, 2.05) is 13.8 Å². The summed E-state index contributed by atoms with van der Waals surface area (Å²) in [6, 6.07) is 3.09. The Morgan fingerprint density at radius 3 is 2.29 bits per heavy atom. The van der Waals surface area contributed by atoms with Crippen LogP contribution in [0.5, 0.6) is 0 Å². The third kappa shape index (κ3) is 5.15. The zero-order valence-electron chi connectivity index (χ0n) is 13.9. The van der Waals surface area contributed by atoms with Crippen LogP contribution >= 0.6 is 12.4 Å². The van der Waals surface area contributed by atoms with Gasteiger partial charge in [0.2, 0.25) is 0 Å². The molecule has 1 unspecified atom stereocenters. The Morgan fingerprint density at radius 1 is 1.38 bits per heavy atom. The fourth-order valence-electron chi connectivity index (χ4n) is 1.80. The first-order chi connectivity index (χ1) is 10.4. The number of sulfone groups is 1. The second kappa shape index (κ2) is 7.91.